The van der Waals surface area contributed by atoms with Crippen LogP contribution in [-0.4, -0.2) is 59.0 Å². The Morgan fingerprint density at radius 3 is 2.52 bits per heavy atom. The van der Waals surface area contributed by atoms with Crippen molar-refractivity contribution < 1.29 is 14.5 Å². The summed E-state index contributed by atoms with van der Waals surface area (Å²) in [6.45, 7) is 1.99. The summed E-state index contributed by atoms with van der Waals surface area (Å²) < 4.78 is 5.95. The lowest BCUT2D eigenvalue weighted by Gasteiger charge is -2.36. The van der Waals surface area contributed by atoms with E-state index in [1.54, 1.807) is 36.3 Å². The molecule has 0 bridgehead atoms. The number of nitro benzene ring substituents is 1. The Morgan fingerprint density at radius 2 is 1.85 bits per heavy atom. The maximum atomic E-state index is 13.1. The van der Waals surface area contributed by atoms with Crippen LogP contribution in [0.25, 0.3) is 10.1 Å². The molecule has 0 atom stereocenters. The number of piperazine rings is 1. The zero-order valence-electron chi connectivity index (χ0n) is 17.3. The Bertz CT molecular complexity index is 1260. The Labute approximate surface area is 208 Å². The van der Waals surface area contributed by atoms with Crippen LogP contribution >= 0.6 is 46.8 Å². The first-order valence-electron chi connectivity index (χ1n) is 9.83. The molecule has 0 unspecified atom stereocenters. The molecule has 1 amide bonds. The van der Waals surface area contributed by atoms with Crippen LogP contribution in [0.3, 0.4) is 0 Å². The number of nitrogens with one attached hydrogen (secondary N) is 1. The third-order valence-electron chi connectivity index (χ3n) is 5.28. The van der Waals surface area contributed by atoms with Gasteiger partial charge in [0.15, 0.2) is 5.11 Å². The number of carbonyl (C=O) groups excluding carboxylic acids is 1. The van der Waals surface area contributed by atoms with Crippen molar-refractivity contribution >= 4 is 79.2 Å². The van der Waals surface area contributed by atoms with Crippen LogP contribution in [0.15, 0.2) is 36.4 Å². The summed E-state index contributed by atoms with van der Waals surface area (Å²) in [5, 5.41) is 16.2. The Hall–Kier alpha value is -2.66. The Balaban J connectivity index is 1.43. The number of hydrogen-bond acceptors (Lipinski definition) is 6. The molecule has 1 aromatic heterocycles. The molecule has 1 saturated heterocycles. The lowest BCUT2D eigenvalue weighted by molar-refractivity contribution is -0.384. The number of methoxy groups -OCH3 is 1. The maximum Gasteiger partial charge on any atom is 0.270 e. The molecule has 33 heavy (non-hydrogen) atoms. The summed E-state index contributed by atoms with van der Waals surface area (Å²) in [5.74, 6) is 0.425. The molecule has 12 heteroatoms. The van der Waals surface area contributed by atoms with E-state index in [1.807, 2.05) is 4.90 Å². The van der Waals surface area contributed by atoms with Crippen LogP contribution in [-0.2, 0) is 0 Å². The summed E-state index contributed by atoms with van der Waals surface area (Å²) in [6, 6.07) is 9.63. The second-order valence-electron chi connectivity index (χ2n) is 7.24. The van der Waals surface area contributed by atoms with Gasteiger partial charge in [0.1, 0.15) is 10.6 Å². The predicted molar refractivity (Wildman–Crippen MR) is 135 cm³/mol. The summed E-state index contributed by atoms with van der Waals surface area (Å²) >= 11 is 19.2. The van der Waals surface area contributed by atoms with E-state index in [2.05, 4.69) is 5.32 Å². The maximum absolute atomic E-state index is 13.1. The first kappa shape index (κ1) is 23.5. The Kier molecular flexibility index (Phi) is 6.89. The molecule has 8 nitrogen and oxygen atoms in total. The van der Waals surface area contributed by atoms with Gasteiger partial charge in [0.05, 0.1) is 22.7 Å². The van der Waals surface area contributed by atoms with Crippen LogP contribution in [0, 0.1) is 10.1 Å². The quantitative estimate of drug-likeness (QED) is 0.282. The van der Waals surface area contributed by atoms with E-state index in [1.165, 1.54) is 23.5 Å². The molecule has 1 fully saturated rings. The van der Waals surface area contributed by atoms with Crippen LogP contribution in [0.2, 0.25) is 10.0 Å². The molecule has 2 heterocycles. The molecule has 0 saturated carbocycles. The zero-order chi connectivity index (χ0) is 23.7. The number of thiocarbonyl (C=S) groups is 1. The smallest absolute Gasteiger partial charge is 0.270 e. The first-order valence-corrected chi connectivity index (χ1v) is 11.8. The van der Waals surface area contributed by atoms with Gasteiger partial charge in [-0.25, -0.2) is 0 Å². The number of anilines is 1. The van der Waals surface area contributed by atoms with Crippen LogP contribution in [0.5, 0.6) is 5.75 Å². The first-order chi connectivity index (χ1) is 15.8. The van der Waals surface area contributed by atoms with E-state index < -0.39 is 4.92 Å². The van der Waals surface area contributed by atoms with Crippen molar-refractivity contribution in [3.63, 3.8) is 0 Å². The van der Waals surface area contributed by atoms with Gasteiger partial charge in [0.2, 0.25) is 0 Å². The van der Waals surface area contributed by atoms with Gasteiger partial charge in [-0.3, -0.25) is 14.9 Å². The van der Waals surface area contributed by atoms with Crippen LogP contribution in [0.1, 0.15) is 9.67 Å². The number of rotatable bonds is 4. The number of ether oxygens (including phenoxy) is 1. The van der Waals surface area contributed by atoms with Gasteiger partial charge in [0, 0.05) is 53.4 Å². The molecule has 1 aliphatic rings. The number of fused-ring (bicyclic) bond motifs is 1. The summed E-state index contributed by atoms with van der Waals surface area (Å²) in [6.07, 6.45) is 0. The Morgan fingerprint density at radius 1 is 1.15 bits per heavy atom. The number of thiophene rings is 1. The highest BCUT2D eigenvalue weighted by atomic mass is 35.5. The highest BCUT2D eigenvalue weighted by Gasteiger charge is 2.27. The number of carbonyl (C=O) groups is 1. The van der Waals surface area contributed by atoms with Crippen molar-refractivity contribution in [2.24, 2.45) is 0 Å². The van der Waals surface area contributed by atoms with Crippen molar-refractivity contribution in [3.8, 4) is 5.75 Å². The minimum Gasteiger partial charge on any atom is -0.495 e. The van der Waals surface area contributed by atoms with Gasteiger partial charge in [-0.05, 0) is 36.5 Å². The average molecular weight is 525 g/mol. The average Bonchev–Trinajstić information content (AvgIpc) is 3.14. The number of amides is 1. The second kappa shape index (κ2) is 9.68. The number of hydrogen-bond donors (Lipinski definition) is 1. The van der Waals surface area contributed by atoms with Crippen molar-refractivity contribution in [1.82, 2.24) is 9.80 Å². The molecular weight excluding hydrogens is 507 g/mol. The summed E-state index contributed by atoms with van der Waals surface area (Å²) in [7, 11) is 1.57. The van der Waals surface area contributed by atoms with E-state index >= 15 is 0 Å². The molecule has 0 radical (unpaired) electrons. The van der Waals surface area contributed by atoms with Crippen molar-refractivity contribution in [1.29, 1.82) is 0 Å². The van der Waals surface area contributed by atoms with Gasteiger partial charge in [0.25, 0.3) is 11.6 Å². The van der Waals surface area contributed by atoms with Crippen molar-refractivity contribution in [2.45, 2.75) is 0 Å². The lowest BCUT2D eigenvalue weighted by Crippen LogP contribution is -2.51. The monoisotopic (exact) mass is 524 g/mol. The predicted octanol–water partition coefficient (Wildman–Crippen LogP) is 5.28. The largest absolute Gasteiger partial charge is 0.495 e. The molecule has 1 N–H and O–H groups in total. The lowest BCUT2D eigenvalue weighted by atomic mass is 10.2. The normalized spacial score (nSPS) is 13.8. The van der Waals surface area contributed by atoms with E-state index in [-0.39, 0.29) is 11.6 Å². The summed E-state index contributed by atoms with van der Waals surface area (Å²) in [5.41, 5.74) is 0.630. The van der Waals surface area contributed by atoms with Gasteiger partial charge in [-0.1, -0.05) is 23.2 Å². The molecule has 172 valence electrons. The standard InChI is InChI=1S/C21H18Cl2N4O4S2/c1-31-16-5-2-12(22)10-15(16)24-21(32)26-8-6-25(7-9-26)20(28)19-18(23)14-4-3-13(27(29)30)11-17(14)33-19/h2-5,10-11H,6-9H2,1H3,(H,24,32). The van der Waals surface area contributed by atoms with E-state index in [9.17, 15) is 14.9 Å². The van der Waals surface area contributed by atoms with Crippen molar-refractivity contribution in [3.05, 3.63) is 61.4 Å². The van der Waals surface area contributed by atoms with Crippen LogP contribution in [0.4, 0.5) is 11.4 Å². The fraction of sp³-hybridized carbons (Fsp3) is 0.238. The fourth-order valence-electron chi connectivity index (χ4n) is 3.53. The minimum atomic E-state index is -0.469. The molecule has 3 aromatic rings. The highest BCUT2D eigenvalue weighted by Crippen LogP contribution is 2.38. The SMILES string of the molecule is COc1ccc(Cl)cc1NC(=S)N1CCN(C(=O)c2sc3cc([N+](=O)[O-])ccc3c2Cl)CC1. The molecule has 4 rings (SSSR count). The second-order valence-corrected chi connectivity index (χ2v) is 9.49. The topological polar surface area (TPSA) is 88.0 Å². The molecule has 0 aliphatic carbocycles. The number of benzene rings is 2. The molecule has 0 spiro atoms. The van der Waals surface area contributed by atoms with E-state index in [4.69, 9.17) is 40.2 Å². The van der Waals surface area contributed by atoms with E-state index in [0.29, 0.717) is 67.7 Å². The number of nitrogens with zero attached hydrogens (tertiary/aromatic N) is 3. The van der Waals surface area contributed by atoms with Gasteiger partial charge in [-0.15, -0.1) is 11.3 Å². The van der Waals surface area contributed by atoms with E-state index in [0.717, 1.165) is 0 Å². The zero-order valence-corrected chi connectivity index (χ0v) is 20.5. The number of non-ortho nitro benzene ring substituents is 1. The molecule has 1 aliphatic heterocycles. The number of halogens is 2. The summed E-state index contributed by atoms with van der Waals surface area (Å²) in [4.78, 5) is 27.7. The molecule has 2 aromatic carbocycles. The third kappa shape index (κ3) is 4.84. The van der Waals surface area contributed by atoms with Crippen molar-refractivity contribution in [2.75, 3.05) is 38.6 Å². The van der Waals surface area contributed by atoms with Gasteiger partial charge in [-0.2, -0.15) is 0 Å². The fourth-order valence-corrected chi connectivity index (χ4v) is 5.51. The van der Waals surface area contributed by atoms with Crippen LogP contribution < -0.4 is 10.1 Å². The minimum absolute atomic E-state index is 0.0367. The molecular formula is C21H18Cl2N4O4S2. The highest BCUT2D eigenvalue weighted by molar-refractivity contribution is 7.80. The third-order valence-corrected chi connectivity index (χ3v) is 7.52. The van der Waals surface area contributed by atoms with Gasteiger partial charge >= 0.3 is 0 Å². The van der Waals surface area contributed by atoms with Gasteiger partial charge < -0.3 is 19.9 Å². The number of nitro groups is 1.